The van der Waals surface area contributed by atoms with Crippen LogP contribution in [0.15, 0.2) is 30.3 Å². The van der Waals surface area contributed by atoms with E-state index in [1.807, 2.05) is 18.2 Å². The van der Waals surface area contributed by atoms with Crippen LogP contribution in [-0.4, -0.2) is 0 Å². The summed E-state index contributed by atoms with van der Waals surface area (Å²) in [6.07, 6.45) is 0. The summed E-state index contributed by atoms with van der Waals surface area (Å²) in [5.74, 6) is 0. The summed E-state index contributed by atoms with van der Waals surface area (Å²) in [5.41, 5.74) is 0. The smallest absolute Gasteiger partial charge is 1.00 e. The Hall–Kier alpha value is 0.950. The molecule has 0 aliphatic carbocycles. The van der Waals surface area contributed by atoms with Crippen LogP contribution in [-0.2, 0) is 0 Å². The Morgan fingerprint density at radius 1 is 1.12 bits per heavy atom. The molecule has 0 N–H and O–H groups in total. The van der Waals surface area contributed by atoms with Gasteiger partial charge in [0.25, 0.3) is 0 Å². The molecule has 0 heterocycles. The van der Waals surface area contributed by atoms with Gasteiger partial charge in [-0.1, -0.05) is 18.2 Å². The van der Waals surface area contributed by atoms with Gasteiger partial charge in [0.1, 0.15) is 0 Å². The van der Waals surface area contributed by atoms with Crippen LogP contribution in [0.25, 0.3) is 0 Å². The molecule has 0 fully saturated rings. The van der Waals surface area contributed by atoms with Crippen LogP contribution in [0, 0.1) is 3.57 Å². The van der Waals surface area contributed by atoms with Crippen molar-refractivity contribution < 1.29 is 31.0 Å². The molecule has 0 spiro atoms. The predicted octanol–water partition coefficient (Wildman–Crippen LogP) is -0.592. The molecule has 1 aromatic carbocycles. The maximum atomic E-state index is 2.28. The zero-order chi connectivity index (χ0) is 5.11. The van der Waals surface area contributed by atoms with Crippen LogP contribution in [0.2, 0.25) is 0 Å². The Bertz CT molecular complexity index is 143. The van der Waals surface area contributed by atoms with Gasteiger partial charge in [-0.2, -0.15) is 0 Å². The van der Waals surface area contributed by atoms with Crippen molar-refractivity contribution in [2.45, 2.75) is 0 Å². The fraction of sp³-hybridized carbons (Fsp3) is 0. The second kappa shape index (κ2) is 4.79. The summed E-state index contributed by atoms with van der Waals surface area (Å²) in [4.78, 5) is 0. The zero-order valence-electron chi connectivity index (χ0n) is 5.76. The molecule has 0 unspecified atom stereocenters. The van der Waals surface area contributed by atoms with Crippen LogP contribution in [0.4, 0.5) is 0 Å². The van der Waals surface area contributed by atoms with Gasteiger partial charge in [0.15, 0.2) is 0 Å². The summed E-state index contributed by atoms with van der Waals surface area (Å²) in [6, 6.07) is 10.2. The van der Waals surface area contributed by atoms with Crippen molar-refractivity contribution in [3.8, 4) is 0 Å². The third-order valence-corrected chi connectivity index (χ3v) is 1.45. The topological polar surface area (TPSA) is 0 Å². The number of halogens is 1. The van der Waals surface area contributed by atoms with Gasteiger partial charge in [0.2, 0.25) is 0 Å². The molecule has 1 rings (SSSR count). The molecule has 0 saturated heterocycles. The van der Waals surface area contributed by atoms with Gasteiger partial charge in [-0.05, 0) is 34.7 Å². The first-order valence-electron chi connectivity index (χ1n) is 2.10. The molecule has 0 atom stereocenters. The SMILES string of the molecule is Ic1ccccc1.[H-].[Na+]. The number of rotatable bonds is 0. The van der Waals surface area contributed by atoms with E-state index in [4.69, 9.17) is 0 Å². The van der Waals surface area contributed by atoms with Crippen LogP contribution in [0.3, 0.4) is 0 Å². The van der Waals surface area contributed by atoms with Crippen molar-refractivity contribution in [2.75, 3.05) is 0 Å². The van der Waals surface area contributed by atoms with E-state index in [0.717, 1.165) is 0 Å². The molecule has 0 aliphatic rings. The van der Waals surface area contributed by atoms with E-state index >= 15 is 0 Å². The first-order valence-corrected chi connectivity index (χ1v) is 3.18. The van der Waals surface area contributed by atoms with Gasteiger partial charge < -0.3 is 1.43 Å². The van der Waals surface area contributed by atoms with Gasteiger partial charge >= 0.3 is 29.6 Å². The van der Waals surface area contributed by atoms with E-state index in [2.05, 4.69) is 34.7 Å². The summed E-state index contributed by atoms with van der Waals surface area (Å²) < 4.78 is 1.29. The molecule has 38 valence electrons. The van der Waals surface area contributed by atoms with Crippen molar-refractivity contribution in [1.82, 2.24) is 0 Å². The minimum absolute atomic E-state index is 0. The molecular formula is C6H6INa. The van der Waals surface area contributed by atoms with Crippen molar-refractivity contribution in [3.05, 3.63) is 33.9 Å². The van der Waals surface area contributed by atoms with Crippen molar-refractivity contribution in [2.24, 2.45) is 0 Å². The van der Waals surface area contributed by atoms with Crippen molar-refractivity contribution in [3.63, 3.8) is 0 Å². The first kappa shape index (κ1) is 8.95. The molecule has 0 amide bonds. The molecular weight excluding hydrogens is 222 g/mol. The van der Waals surface area contributed by atoms with Gasteiger partial charge in [-0.15, -0.1) is 0 Å². The first-order chi connectivity index (χ1) is 3.39. The molecule has 8 heavy (non-hydrogen) atoms. The summed E-state index contributed by atoms with van der Waals surface area (Å²) in [6.45, 7) is 0. The molecule has 0 nitrogen and oxygen atoms in total. The molecule has 0 saturated carbocycles. The molecule has 0 aliphatic heterocycles. The second-order valence-electron chi connectivity index (χ2n) is 1.30. The van der Waals surface area contributed by atoms with Crippen LogP contribution in [0.5, 0.6) is 0 Å². The van der Waals surface area contributed by atoms with Crippen molar-refractivity contribution in [1.29, 1.82) is 0 Å². The largest absolute Gasteiger partial charge is 1.00 e. The Morgan fingerprint density at radius 3 is 1.88 bits per heavy atom. The maximum Gasteiger partial charge on any atom is 1.00 e. The number of hydrogen-bond acceptors (Lipinski definition) is 0. The van der Waals surface area contributed by atoms with E-state index in [-0.39, 0.29) is 31.0 Å². The Kier molecular flexibility index (Phi) is 5.36. The Balaban J connectivity index is 0. The van der Waals surface area contributed by atoms with Gasteiger partial charge in [0, 0.05) is 3.57 Å². The fourth-order valence-corrected chi connectivity index (χ4v) is 0.830. The minimum Gasteiger partial charge on any atom is -1.00 e. The standard InChI is InChI=1S/C6H5I.Na.H/c7-6-4-2-1-3-5-6;;/h1-5H;;/q;+1;-1. The van der Waals surface area contributed by atoms with Crippen LogP contribution in [0.1, 0.15) is 1.43 Å². The normalized spacial score (nSPS) is 7.62. The van der Waals surface area contributed by atoms with E-state index in [0.29, 0.717) is 0 Å². The van der Waals surface area contributed by atoms with Crippen molar-refractivity contribution >= 4 is 22.6 Å². The summed E-state index contributed by atoms with van der Waals surface area (Å²) in [5, 5.41) is 0. The van der Waals surface area contributed by atoms with E-state index in [1.165, 1.54) is 3.57 Å². The third-order valence-electron chi connectivity index (χ3n) is 0.733. The summed E-state index contributed by atoms with van der Waals surface area (Å²) in [7, 11) is 0. The van der Waals surface area contributed by atoms with Crippen LogP contribution < -0.4 is 29.6 Å². The average Bonchev–Trinajstić information content (AvgIpc) is 1.69. The van der Waals surface area contributed by atoms with Gasteiger partial charge in [-0.3, -0.25) is 0 Å². The maximum absolute atomic E-state index is 2.28. The Labute approximate surface area is 86.6 Å². The molecule has 1 aromatic rings. The monoisotopic (exact) mass is 228 g/mol. The molecule has 0 bridgehead atoms. The zero-order valence-corrected chi connectivity index (χ0v) is 8.92. The van der Waals surface area contributed by atoms with E-state index in [9.17, 15) is 0 Å². The fourth-order valence-electron chi connectivity index (χ4n) is 0.415. The molecule has 0 aromatic heterocycles. The number of hydrogen-bond donors (Lipinski definition) is 0. The summed E-state index contributed by atoms with van der Waals surface area (Å²) >= 11 is 2.28. The van der Waals surface area contributed by atoms with E-state index < -0.39 is 0 Å². The van der Waals surface area contributed by atoms with Crippen LogP contribution >= 0.6 is 22.6 Å². The average molecular weight is 228 g/mol. The predicted molar refractivity (Wildman–Crippen MR) is 40.3 cm³/mol. The molecule has 2 heteroatoms. The second-order valence-corrected chi connectivity index (χ2v) is 2.54. The number of benzene rings is 1. The molecule has 0 radical (unpaired) electrons. The van der Waals surface area contributed by atoms with Gasteiger partial charge in [-0.25, -0.2) is 0 Å². The third kappa shape index (κ3) is 3.07. The quantitative estimate of drug-likeness (QED) is 0.411. The van der Waals surface area contributed by atoms with E-state index in [1.54, 1.807) is 0 Å². The van der Waals surface area contributed by atoms with Gasteiger partial charge in [0.05, 0.1) is 0 Å². The Morgan fingerprint density at radius 2 is 1.62 bits per heavy atom. The minimum atomic E-state index is 0.